The molecule has 2 aromatic rings. The molecule has 0 aliphatic carbocycles. The van der Waals surface area contributed by atoms with Crippen molar-refractivity contribution in [3.63, 3.8) is 0 Å². The van der Waals surface area contributed by atoms with Gasteiger partial charge in [0.25, 0.3) is 10.2 Å². The summed E-state index contributed by atoms with van der Waals surface area (Å²) in [5.74, 6) is -0.411. The zero-order valence-corrected chi connectivity index (χ0v) is 16.2. The Morgan fingerprint density at radius 2 is 2.12 bits per heavy atom. The molecule has 2 atom stereocenters. The average molecular weight is 398 g/mol. The number of rotatable bonds is 3. The summed E-state index contributed by atoms with van der Waals surface area (Å²) in [6, 6.07) is 5.33. The van der Waals surface area contributed by atoms with Crippen molar-refractivity contribution < 1.29 is 13.2 Å². The molecule has 0 radical (unpaired) electrons. The van der Waals surface area contributed by atoms with Crippen molar-refractivity contribution in [1.82, 2.24) is 18.8 Å². The van der Waals surface area contributed by atoms with Gasteiger partial charge in [-0.2, -0.15) is 22.5 Å². The Morgan fingerprint density at radius 1 is 1.38 bits per heavy atom. The number of amides is 1. The van der Waals surface area contributed by atoms with Gasteiger partial charge in [0, 0.05) is 36.1 Å². The number of likely N-dealkylation sites (N-methyl/N-ethyl adjacent to an activating group) is 1. The largest absolute Gasteiger partial charge is 0.325 e. The van der Waals surface area contributed by atoms with Crippen LogP contribution in [-0.4, -0.2) is 41.5 Å². The quantitative estimate of drug-likeness (QED) is 0.822. The predicted molar refractivity (Wildman–Crippen MR) is 99.0 cm³/mol. The summed E-state index contributed by atoms with van der Waals surface area (Å²) >= 11 is 5.93. The van der Waals surface area contributed by atoms with Gasteiger partial charge in [-0.05, 0) is 31.5 Å². The van der Waals surface area contributed by atoms with Crippen molar-refractivity contribution in [3.05, 3.63) is 46.7 Å². The minimum absolute atomic E-state index is 0.286. The third-order valence-corrected chi connectivity index (χ3v) is 6.44. The molecule has 140 valence electrons. The number of carbonyl (C=O) groups is 1. The summed E-state index contributed by atoms with van der Waals surface area (Å²) in [4.78, 5) is 12.7. The Hall–Kier alpha value is -1.94. The van der Waals surface area contributed by atoms with Crippen molar-refractivity contribution in [2.24, 2.45) is 7.05 Å². The van der Waals surface area contributed by atoms with E-state index in [1.807, 2.05) is 6.92 Å². The second kappa shape index (κ2) is 6.99. The minimum atomic E-state index is -3.80. The normalized spacial score (nSPS) is 22.9. The van der Waals surface area contributed by atoms with Crippen LogP contribution in [-0.2, 0) is 22.1 Å². The number of aryl methyl sites for hydroxylation is 1. The van der Waals surface area contributed by atoms with E-state index in [1.54, 1.807) is 42.2 Å². The van der Waals surface area contributed by atoms with Crippen molar-refractivity contribution in [2.75, 3.05) is 12.4 Å². The zero-order chi connectivity index (χ0) is 19.1. The lowest BCUT2D eigenvalue weighted by atomic mass is 10.00. The first kappa shape index (κ1) is 18.8. The van der Waals surface area contributed by atoms with E-state index in [0.717, 1.165) is 15.6 Å². The maximum absolute atomic E-state index is 12.7. The molecular weight excluding hydrogens is 378 g/mol. The van der Waals surface area contributed by atoms with Crippen LogP contribution in [0.1, 0.15) is 23.7 Å². The van der Waals surface area contributed by atoms with Crippen LogP contribution in [0.3, 0.4) is 0 Å². The van der Waals surface area contributed by atoms with Gasteiger partial charge in [-0.25, -0.2) is 0 Å². The summed E-state index contributed by atoms with van der Waals surface area (Å²) in [5.41, 5.74) is 2.11. The van der Waals surface area contributed by atoms with Crippen molar-refractivity contribution in [3.8, 4) is 0 Å². The van der Waals surface area contributed by atoms with Crippen LogP contribution in [0.15, 0.2) is 30.5 Å². The Kier molecular flexibility index (Phi) is 5.07. The molecule has 0 saturated carbocycles. The highest BCUT2D eigenvalue weighted by Gasteiger charge is 2.41. The third-order valence-electron chi connectivity index (χ3n) is 4.61. The first-order valence-corrected chi connectivity index (χ1v) is 9.81. The van der Waals surface area contributed by atoms with Gasteiger partial charge in [0.2, 0.25) is 5.91 Å². The molecule has 1 fully saturated rings. The summed E-state index contributed by atoms with van der Waals surface area (Å²) in [6.07, 6.45) is 1.91. The van der Waals surface area contributed by atoms with Gasteiger partial charge < -0.3 is 5.32 Å². The smallest absolute Gasteiger partial charge is 0.280 e. The van der Waals surface area contributed by atoms with Crippen molar-refractivity contribution >= 4 is 33.4 Å². The summed E-state index contributed by atoms with van der Waals surface area (Å²) in [7, 11) is -0.632. The number of anilines is 1. The van der Waals surface area contributed by atoms with E-state index in [1.165, 1.54) is 7.05 Å². The lowest BCUT2D eigenvalue weighted by Crippen LogP contribution is -2.56. The molecule has 2 heterocycles. The average Bonchev–Trinajstić information content (AvgIpc) is 2.89. The van der Waals surface area contributed by atoms with Crippen LogP contribution in [0.25, 0.3) is 0 Å². The molecule has 3 rings (SSSR count). The first-order chi connectivity index (χ1) is 12.2. The maximum Gasteiger partial charge on any atom is 0.280 e. The fraction of sp³-hybridized carbons (Fsp3) is 0.375. The van der Waals surface area contributed by atoms with Gasteiger partial charge in [0.05, 0.1) is 12.2 Å². The molecule has 0 spiro atoms. The Bertz CT molecular complexity index is 943. The lowest BCUT2D eigenvalue weighted by Gasteiger charge is -2.36. The highest BCUT2D eigenvalue weighted by molar-refractivity contribution is 7.87. The summed E-state index contributed by atoms with van der Waals surface area (Å²) < 4.78 is 30.3. The number of benzene rings is 1. The van der Waals surface area contributed by atoms with Crippen LogP contribution in [0.4, 0.5) is 5.69 Å². The SMILES string of the molecule is Cc1c(C2CC(C(=O)Nc3cccc(Cl)c3)N(C)S(=O)(=O)N2)cnn1C. The van der Waals surface area contributed by atoms with Gasteiger partial charge in [-0.15, -0.1) is 0 Å². The number of aromatic nitrogens is 2. The van der Waals surface area contributed by atoms with E-state index in [-0.39, 0.29) is 6.42 Å². The second-order valence-corrected chi connectivity index (χ2v) is 8.45. The first-order valence-electron chi connectivity index (χ1n) is 7.99. The molecule has 8 nitrogen and oxygen atoms in total. The number of nitrogens with one attached hydrogen (secondary N) is 2. The molecule has 10 heteroatoms. The van der Waals surface area contributed by atoms with Crippen LogP contribution in [0.5, 0.6) is 0 Å². The molecule has 26 heavy (non-hydrogen) atoms. The molecule has 2 N–H and O–H groups in total. The molecule has 0 bridgehead atoms. The Labute approximate surface area is 157 Å². The molecule has 1 amide bonds. The second-order valence-electron chi connectivity index (χ2n) is 6.25. The summed E-state index contributed by atoms with van der Waals surface area (Å²) in [6.45, 7) is 1.86. The van der Waals surface area contributed by atoms with Gasteiger partial charge >= 0.3 is 0 Å². The van der Waals surface area contributed by atoms with E-state index in [9.17, 15) is 13.2 Å². The number of hydrogen-bond acceptors (Lipinski definition) is 4. The lowest BCUT2D eigenvalue weighted by molar-refractivity contribution is -0.120. The van der Waals surface area contributed by atoms with Crippen LogP contribution in [0.2, 0.25) is 5.02 Å². The van der Waals surface area contributed by atoms with Gasteiger partial charge in [-0.3, -0.25) is 9.48 Å². The molecule has 1 saturated heterocycles. The molecular formula is C16H20ClN5O3S. The van der Waals surface area contributed by atoms with Gasteiger partial charge in [-0.1, -0.05) is 17.7 Å². The highest BCUT2D eigenvalue weighted by atomic mass is 35.5. The Morgan fingerprint density at radius 3 is 2.73 bits per heavy atom. The van der Waals surface area contributed by atoms with E-state index in [4.69, 9.17) is 11.6 Å². The molecule has 2 unspecified atom stereocenters. The number of nitrogens with zero attached hydrogens (tertiary/aromatic N) is 3. The van der Waals surface area contributed by atoms with E-state index in [2.05, 4.69) is 15.1 Å². The van der Waals surface area contributed by atoms with E-state index < -0.39 is 28.2 Å². The highest BCUT2D eigenvalue weighted by Crippen LogP contribution is 2.30. The van der Waals surface area contributed by atoms with E-state index in [0.29, 0.717) is 10.7 Å². The van der Waals surface area contributed by atoms with Crippen molar-refractivity contribution in [2.45, 2.75) is 25.4 Å². The van der Waals surface area contributed by atoms with Gasteiger partial charge in [0.15, 0.2) is 0 Å². The zero-order valence-electron chi connectivity index (χ0n) is 14.6. The third kappa shape index (κ3) is 3.61. The van der Waals surface area contributed by atoms with Crippen LogP contribution < -0.4 is 10.0 Å². The molecule has 1 aromatic carbocycles. The number of halogens is 1. The Balaban J connectivity index is 1.87. The fourth-order valence-corrected chi connectivity index (χ4v) is 4.42. The maximum atomic E-state index is 12.7. The fourth-order valence-electron chi connectivity index (χ4n) is 2.96. The predicted octanol–water partition coefficient (Wildman–Crippen LogP) is 1.60. The standard InChI is InChI=1S/C16H20ClN5O3S/c1-10-13(9-18-21(10)2)14-8-15(22(3)26(24,25)20-14)16(23)19-12-6-4-5-11(17)7-12/h4-7,9,14-15,20H,8H2,1-3H3,(H,19,23). The molecule has 1 aliphatic heterocycles. The molecule has 1 aliphatic rings. The van der Waals surface area contributed by atoms with Crippen LogP contribution in [0, 0.1) is 6.92 Å². The number of carbonyl (C=O) groups excluding carboxylic acids is 1. The van der Waals surface area contributed by atoms with Crippen LogP contribution >= 0.6 is 11.6 Å². The summed E-state index contributed by atoms with van der Waals surface area (Å²) in [5, 5.41) is 7.38. The van der Waals surface area contributed by atoms with Gasteiger partial charge in [0.1, 0.15) is 6.04 Å². The minimum Gasteiger partial charge on any atom is -0.325 e. The monoisotopic (exact) mass is 397 g/mol. The topological polar surface area (TPSA) is 96.3 Å². The van der Waals surface area contributed by atoms with E-state index >= 15 is 0 Å². The number of hydrogen-bond donors (Lipinski definition) is 2. The molecule has 1 aromatic heterocycles. The van der Waals surface area contributed by atoms with Crippen molar-refractivity contribution in [1.29, 1.82) is 0 Å².